The summed E-state index contributed by atoms with van der Waals surface area (Å²) in [7, 11) is 2.29. The Morgan fingerprint density at radius 1 is 0.750 bits per heavy atom. The van der Waals surface area contributed by atoms with Gasteiger partial charge >= 0.3 is 0 Å². The van der Waals surface area contributed by atoms with Crippen molar-refractivity contribution in [3.63, 3.8) is 0 Å². The van der Waals surface area contributed by atoms with Crippen LogP contribution in [0.3, 0.4) is 0 Å². The fourth-order valence-electron chi connectivity index (χ4n) is 3.14. The Hall–Kier alpha value is -0.120. The zero-order chi connectivity index (χ0) is 11.2. The molecule has 0 spiro atoms. The van der Waals surface area contributed by atoms with Crippen molar-refractivity contribution >= 4 is 0 Å². The van der Waals surface area contributed by atoms with E-state index in [0.29, 0.717) is 0 Å². The molecular weight excluding hydrogens is 198 g/mol. The standard InChI is InChI=1S/C8H15N.C5H12N2/c1-9-7-3-2-4-8(9)6-5-7;1-2-6-4-5-7-3-1/h7-8H,2-6H2,1H3;6-7H,1-5H2/t7-,8+;. The maximum absolute atomic E-state index is 3.28. The van der Waals surface area contributed by atoms with Gasteiger partial charge in [-0.3, -0.25) is 0 Å². The molecule has 3 saturated heterocycles. The molecule has 0 unspecified atom stereocenters. The number of fused-ring (bicyclic) bond motifs is 2. The topological polar surface area (TPSA) is 27.3 Å². The van der Waals surface area contributed by atoms with Gasteiger partial charge in [0.2, 0.25) is 0 Å². The lowest BCUT2D eigenvalue weighted by Gasteiger charge is -2.30. The van der Waals surface area contributed by atoms with Gasteiger partial charge in [-0.15, -0.1) is 0 Å². The molecule has 3 aliphatic rings. The third-order valence-electron chi connectivity index (χ3n) is 4.25. The van der Waals surface area contributed by atoms with Crippen molar-refractivity contribution in [2.75, 3.05) is 33.2 Å². The number of hydrogen-bond acceptors (Lipinski definition) is 3. The van der Waals surface area contributed by atoms with Crippen LogP contribution in [0.25, 0.3) is 0 Å². The molecule has 3 rings (SSSR count). The second-order valence-corrected chi connectivity index (χ2v) is 5.33. The maximum atomic E-state index is 3.28. The summed E-state index contributed by atoms with van der Waals surface area (Å²) in [4.78, 5) is 2.59. The Morgan fingerprint density at radius 2 is 1.31 bits per heavy atom. The predicted molar refractivity (Wildman–Crippen MR) is 68.8 cm³/mol. The average Bonchev–Trinajstić information content (AvgIpc) is 2.65. The highest BCUT2D eigenvalue weighted by atomic mass is 15.2. The summed E-state index contributed by atoms with van der Waals surface area (Å²) < 4.78 is 0. The Morgan fingerprint density at radius 3 is 1.81 bits per heavy atom. The SMILES string of the molecule is C1CNCCNC1.CN1[C@@H]2CCC[C@H]1CC2. The van der Waals surface area contributed by atoms with Crippen molar-refractivity contribution in [1.29, 1.82) is 0 Å². The molecule has 2 atom stereocenters. The highest BCUT2D eigenvalue weighted by Crippen LogP contribution is 2.33. The van der Waals surface area contributed by atoms with Gasteiger partial charge in [0.25, 0.3) is 0 Å². The van der Waals surface area contributed by atoms with Crippen molar-refractivity contribution in [2.45, 2.75) is 50.6 Å². The molecule has 0 aromatic heterocycles. The van der Waals surface area contributed by atoms with Gasteiger partial charge in [0, 0.05) is 25.2 Å². The van der Waals surface area contributed by atoms with E-state index < -0.39 is 0 Å². The van der Waals surface area contributed by atoms with E-state index in [9.17, 15) is 0 Å². The zero-order valence-electron chi connectivity index (χ0n) is 10.7. The summed E-state index contributed by atoms with van der Waals surface area (Å²) in [6, 6.07) is 1.92. The summed E-state index contributed by atoms with van der Waals surface area (Å²) in [6.07, 6.45) is 8.64. The number of hydrogen-bond donors (Lipinski definition) is 2. The van der Waals surface area contributed by atoms with E-state index in [0.717, 1.165) is 25.2 Å². The molecule has 3 nitrogen and oxygen atoms in total. The first-order valence-corrected chi connectivity index (χ1v) is 7.01. The van der Waals surface area contributed by atoms with Gasteiger partial charge in [-0.1, -0.05) is 6.42 Å². The van der Waals surface area contributed by atoms with E-state index in [1.807, 2.05) is 0 Å². The van der Waals surface area contributed by atoms with Crippen molar-refractivity contribution in [2.24, 2.45) is 0 Å². The molecule has 3 heterocycles. The van der Waals surface area contributed by atoms with Crippen molar-refractivity contribution in [3.8, 4) is 0 Å². The first kappa shape index (κ1) is 12.3. The van der Waals surface area contributed by atoms with Gasteiger partial charge in [0.15, 0.2) is 0 Å². The fraction of sp³-hybridized carbons (Fsp3) is 1.00. The summed E-state index contributed by atoms with van der Waals surface area (Å²) in [5.74, 6) is 0. The van der Waals surface area contributed by atoms with E-state index in [-0.39, 0.29) is 0 Å². The van der Waals surface area contributed by atoms with E-state index in [2.05, 4.69) is 22.6 Å². The third-order valence-corrected chi connectivity index (χ3v) is 4.25. The third kappa shape index (κ3) is 3.44. The van der Waals surface area contributed by atoms with E-state index in [1.165, 1.54) is 51.6 Å². The lowest BCUT2D eigenvalue weighted by atomic mass is 10.0. The molecule has 0 radical (unpaired) electrons. The molecule has 94 valence electrons. The summed E-state index contributed by atoms with van der Waals surface area (Å²) in [5, 5.41) is 6.57. The first-order chi connectivity index (χ1) is 7.88. The number of nitrogens with one attached hydrogen (secondary N) is 2. The monoisotopic (exact) mass is 225 g/mol. The Balaban J connectivity index is 0.000000125. The van der Waals surface area contributed by atoms with Crippen LogP contribution in [0.2, 0.25) is 0 Å². The first-order valence-electron chi connectivity index (χ1n) is 7.01. The van der Waals surface area contributed by atoms with Crippen LogP contribution in [0.15, 0.2) is 0 Å². The Kier molecular flexibility index (Phi) is 5.07. The molecule has 2 N–H and O–H groups in total. The lowest BCUT2D eigenvalue weighted by molar-refractivity contribution is 0.179. The molecule has 0 aliphatic carbocycles. The highest BCUT2D eigenvalue weighted by Gasteiger charge is 2.33. The van der Waals surface area contributed by atoms with Crippen LogP contribution in [0.1, 0.15) is 38.5 Å². The van der Waals surface area contributed by atoms with E-state index in [4.69, 9.17) is 0 Å². The number of piperidine rings is 1. The molecular formula is C13H27N3. The summed E-state index contributed by atoms with van der Waals surface area (Å²) in [5.41, 5.74) is 0. The van der Waals surface area contributed by atoms with Crippen LogP contribution in [0.4, 0.5) is 0 Å². The number of nitrogens with zero attached hydrogens (tertiary/aromatic N) is 1. The molecule has 3 aliphatic heterocycles. The molecule has 0 saturated carbocycles. The van der Waals surface area contributed by atoms with Crippen LogP contribution in [-0.2, 0) is 0 Å². The Bertz CT molecular complexity index is 160. The van der Waals surface area contributed by atoms with Crippen molar-refractivity contribution in [3.05, 3.63) is 0 Å². The van der Waals surface area contributed by atoms with Gasteiger partial charge in [-0.25, -0.2) is 0 Å². The maximum Gasteiger partial charge on any atom is 0.00957 e. The van der Waals surface area contributed by atoms with Gasteiger partial charge in [-0.2, -0.15) is 0 Å². The van der Waals surface area contributed by atoms with Crippen molar-refractivity contribution in [1.82, 2.24) is 15.5 Å². The molecule has 2 bridgehead atoms. The van der Waals surface area contributed by atoms with E-state index >= 15 is 0 Å². The lowest BCUT2D eigenvalue weighted by Crippen LogP contribution is -2.35. The molecule has 3 heteroatoms. The van der Waals surface area contributed by atoms with Crippen LogP contribution >= 0.6 is 0 Å². The second-order valence-electron chi connectivity index (χ2n) is 5.33. The van der Waals surface area contributed by atoms with E-state index in [1.54, 1.807) is 0 Å². The molecule has 16 heavy (non-hydrogen) atoms. The van der Waals surface area contributed by atoms with Crippen LogP contribution in [0.5, 0.6) is 0 Å². The van der Waals surface area contributed by atoms with Crippen LogP contribution < -0.4 is 10.6 Å². The summed E-state index contributed by atoms with van der Waals surface area (Å²) >= 11 is 0. The summed E-state index contributed by atoms with van der Waals surface area (Å²) in [6.45, 7) is 4.65. The molecule has 0 aromatic carbocycles. The highest BCUT2D eigenvalue weighted by molar-refractivity contribution is 4.89. The normalized spacial score (nSPS) is 35.1. The van der Waals surface area contributed by atoms with Gasteiger partial charge in [0.05, 0.1) is 0 Å². The second kappa shape index (κ2) is 6.58. The van der Waals surface area contributed by atoms with Gasteiger partial charge < -0.3 is 15.5 Å². The fourth-order valence-corrected chi connectivity index (χ4v) is 3.14. The number of rotatable bonds is 0. The van der Waals surface area contributed by atoms with Gasteiger partial charge in [0.1, 0.15) is 0 Å². The predicted octanol–water partition coefficient (Wildman–Crippen LogP) is 1.20. The quantitative estimate of drug-likeness (QED) is 0.649. The Labute approximate surface area is 100.0 Å². The minimum Gasteiger partial charge on any atom is -0.315 e. The molecule has 0 aromatic rings. The average molecular weight is 225 g/mol. The minimum atomic E-state index is 0.962. The minimum absolute atomic E-state index is 0.962. The zero-order valence-corrected chi connectivity index (χ0v) is 10.7. The van der Waals surface area contributed by atoms with Crippen LogP contribution in [-0.4, -0.2) is 50.2 Å². The smallest absolute Gasteiger partial charge is 0.00957 e. The molecule has 3 fully saturated rings. The van der Waals surface area contributed by atoms with Crippen molar-refractivity contribution < 1.29 is 0 Å². The largest absolute Gasteiger partial charge is 0.315 e. The molecule has 0 amide bonds. The van der Waals surface area contributed by atoms with Gasteiger partial charge in [-0.05, 0) is 52.2 Å². The van der Waals surface area contributed by atoms with Crippen LogP contribution in [0, 0.1) is 0 Å².